The van der Waals surface area contributed by atoms with Crippen LogP contribution in [0.3, 0.4) is 0 Å². The van der Waals surface area contributed by atoms with Crippen LogP contribution in [0.4, 0.5) is 5.13 Å². The first-order valence-electron chi connectivity index (χ1n) is 4.89. The molecule has 0 aliphatic rings. The molecule has 0 saturated heterocycles. The van der Waals surface area contributed by atoms with E-state index in [0.29, 0.717) is 0 Å². The summed E-state index contributed by atoms with van der Waals surface area (Å²) in [6, 6.07) is 0. The van der Waals surface area contributed by atoms with Crippen LogP contribution < -0.4 is 4.90 Å². The summed E-state index contributed by atoms with van der Waals surface area (Å²) in [5.74, 6) is -0.245. The molecule has 15 heavy (non-hydrogen) atoms. The second-order valence-electron chi connectivity index (χ2n) is 3.30. The second-order valence-corrected chi connectivity index (χ2v) is 4.13. The molecule has 0 atom stereocenters. The van der Waals surface area contributed by atoms with Crippen molar-refractivity contribution >= 4 is 22.4 Å². The van der Waals surface area contributed by atoms with Crippen LogP contribution in [0, 0.1) is 0 Å². The van der Waals surface area contributed by atoms with Gasteiger partial charge < -0.3 is 9.64 Å². The number of thiazole rings is 1. The molecule has 1 aromatic rings. The Morgan fingerprint density at radius 3 is 3.00 bits per heavy atom. The highest BCUT2D eigenvalue weighted by atomic mass is 32.1. The Kier molecular flexibility index (Phi) is 4.55. The third kappa shape index (κ3) is 3.51. The minimum atomic E-state index is -0.245. The van der Waals surface area contributed by atoms with E-state index in [9.17, 15) is 4.79 Å². The van der Waals surface area contributed by atoms with Gasteiger partial charge >= 0.3 is 5.97 Å². The Morgan fingerprint density at radius 1 is 1.67 bits per heavy atom. The zero-order valence-electron chi connectivity index (χ0n) is 9.32. The second kappa shape index (κ2) is 5.70. The number of carbonyl (C=O) groups is 1. The number of hydrogen-bond donors (Lipinski definition) is 0. The number of methoxy groups -OCH3 is 1. The van der Waals surface area contributed by atoms with E-state index in [4.69, 9.17) is 0 Å². The molecule has 0 fully saturated rings. The normalized spacial score (nSPS) is 10.1. The van der Waals surface area contributed by atoms with Crippen LogP contribution in [0.15, 0.2) is 5.38 Å². The average Bonchev–Trinajstić information content (AvgIpc) is 2.66. The number of hydrogen-bond acceptors (Lipinski definition) is 5. The van der Waals surface area contributed by atoms with Gasteiger partial charge in [0.05, 0.1) is 19.2 Å². The molecule has 0 radical (unpaired) electrons. The Bertz CT molecular complexity index is 325. The Balaban J connectivity index is 2.59. The van der Waals surface area contributed by atoms with E-state index in [2.05, 4.69) is 21.5 Å². The molecule has 0 saturated carbocycles. The minimum Gasteiger partial charge on any atom is -0.469 e. The van der Waals surface area contributed by atoms with E-state index in [-0.39, 0.29) is 12.4 Å². The summed E-state index contributed by atoms with van der Waals surface area (Å²) < 4.78 is 4.58. The van der Waals surface area contributed by atoms with Crippen molar-refractivity contribution in [3.8, 4) is 0 Å². The third-order valence-corrected chi connectivity index (χ3v) is 2.98. The van der Waals surface area contributed by atoms with Crippen LogP contribution in [0.5, 0.6) is 0 Å². The fourth-order valence-electron chi connectivity index (χ4n) is 1.20. The van der Waals surface area contributed by atoms with Crippen LogP contribution in [-0.4, -0.2) is 31.7 Å². The summed E-state index contributed by atoms with van der Waals surface area (Å²) in [5.41, 5.74) is 0.782. The van der Waals surface area contributed by atoms with Crippen molar-refractivity contribution in [1.82, 2.24) is 4.98 Å². The molecule has 0 N–H and O–H groups in total. The molecule has 0 aromatic carbocycles. The first-order chi connectivity index (χ1) is 7.17. The Morgan fingerprint density at radius 2 is 2.40 bits per heavy atom. The van der Waals surface area contributed by atoms with E-state index in [1.807, 2.05) is 12.4 Å². The van der Waals surface area contributed by atoms with Crippen LogP contribution >= 0.6 is 11.3 Å². The Labute approximate surface area is 93.9 Å². The standard InChI is InChI=1S/C10H16N2O2S/c1-4-5-12(2)10-11-8(7-15-10)6-9(13)14-3/h7H,4-6H2,1-3H3. The smallest absolute Gasteiger partial charge is 0.311 e. The minimum absolute atomic E-state index is 0.245. The highest BCUT2D eigenvalue weighted by Crippen LogP contribution is 2.19. The Hall–Kier alpha value is -1.10. The third-order valence-electron chi connectivity index (χ3n) is 1.98. The molecule has 1 heterocycles. The molecule has 0 spiro atoms. The van der Waals surface area contributed by atoms with Gasteiger partial charge in [-0.3, -0.25) is 4.79 Å². The first-order valence-corrected chi connectivity index (χ1v) is 5.77. The zero-order chi connectivity index (χ0) is 11.3. The number of esters is 1. The van der Waals surface area contributed by atoms with Gasteiger partial charge in [0.25, 0.3) is 0 Å². The number of nitrogens with zero attached hydrogens (tertiary/aromatic N) is 2. The maximum atomic E-state index is 11.0. The van der Waals surface area contributed by atoms with Crippen LogP contribution in [0.25, 0.3) is 0 Å². The summed E-state index contributed by atoms with van der Waals surface area (Å²) in [7, 11) is 3.39. The number of anilines is 1. The molecule has 5 heteroatoms. The summed E-state index contributed by atoms with van der Waals surface area (Å²) in [6.07, 6.45) is 1.34. The predicted molar refractivity (Wildman–Crippen MR) is 61.4 cm³/mol. The molecule has 1 rings (SSSR count). The zero-order valence-corrected chi connectivity index (χ0v) is 10.1. The van der Waals surface area contributed by atoms with Crippen molar-refractivity contribution in [2.75, 3.05) is 25.6 Å². The number of aromatic nitrogens is 1. The molecule has 1 aromatic heterocycles. The highest BCUT2D eigenvalue weighted by Gasteiger charge is 2.09. The van der Waals surface area contributed by atoms with E-state index in [1.54, 1.807) is 11.3 Å². The lowest BCUT2D eigenvalue weighted by Gasteiger charge is -2.13. The van der Waals surface area contributed by atoms with Gasteiger partial charge in [-0.2, -0.15) is 0 Å². The molecular weight excluding hydrogens is 212 g/mol. The lowest BCUT2D eigenvalue weighted by molar-refractivity contribution is -0.139. The van der Waals surface area contributed by atoms with E-state index in [1.165, 1.54) is 7.11 Å². The van der Waals surface area contributed by atoms with Crippen molar-refractivity contribution in [3.05, 3.63) is 11.1 Å². The maximum Gasteiger partial charge on any atom is 0.311 e. The maximum absolute atomic E-state index is 11.0. The van der Waals surface area contributed by atoms with Crippen LogP contribution in [-0.2, 0) is 16.0 Å². The van der Waals surface area contributed by atoms with Gasteiger partial charge in [-0.15, -0.1) is 11.3 Å². The van der Waals surface area contributed by atoms with Crippen LogP contribution in [0.1, 0.15) is 19.0 Å². The highest BCUT2D eigenvalue weighted by molar-refractivity contribution is 7.13. The summed E-state index contributed by atoms with van der Waals surface area (Å²) in [5, 5.41) is 2.86. The molecule has 0 amide bonds. The number of ether oxygens (including phenoxy) is 1. The quantitative estimate of drug-likeness (QED) is 0.719. The van der Waals surface area contributed by atoms with Crippen molar-refractivity contribution in [2.24, 2.45) is 0 Å². The fraction of sp³-hybridized carbons (Fsp3) is 0.600. The lowest BCUT2D eigenvalue weighted by atomic mass is 10.3. The molecule has 0 bridgehead atoms. The molecule has 0 unspecified atom stereocenters. The summed E-state index contributed by atoms with van der Waals surface area (Å²) >= 11 is 1.56. The monoisotopic (exact) mass is 228 g/mol. The van der Waals surface area contributed by atoms with E-state index < -0.39 is 0 Å². The number of rotatable bonds is 5. The van der Waals surface area contributed by atoms with Gasteiger partial charge in [-0.25, -0.2) is 4.98 Å². The van der Waals surface area contributed by atoms with Gasteiger partial charge in [-0.05, 0) is 6.42 Å². The predicted octanol–water partition coefficient (Wildman–Crippen LogP) is 1.70. The van der Waals surface area contributed by atoms with Gasteiger partial charge in [0.15, 0.2) is 5.13 Å². The molecule has 84 valence electrons. The molecule has 0 aliphatic carbocycles. The van der Waals surface area contributed by atoms with Crippen molar-refractivity contribution < 1.29 is 9.53 Å². The first kappa shape index (κ1) is 12.0. The summed E-state index contributed by atoms with van der Waals surface area (Å²) in [4.78, 5) is 17.5. The van der Waals surface area contributed by atoms with E-state index in [0.717, 1.165) is 23.8 Å². The van der Waals surface area contributed by atoms with Gasteiger partial charge in [0.2, 0.25) is 0 Å². The van der Waals surface area contributed by atoms with Crippen molar-refractivity contribution in [3.63, 3.8) is 0 Å². The van der Waals surface area contributed by atoms with Crippen LogP contribution in [0.2, 0.25) is 0 Å². The molecule has 0 aliphatic heterocycles. The van der Waals surface area contributed by atoms with Crippen molar-refractivity contribution in [2.45, 2.75) is 19.8 Å². The summed E-state index contributed by atoms with van der Waals surface area (Å²) in [6.45, 7) is 3.10. The fourth-order valence-corrected chi connectivity index (χ4v) is 2.02. The number of carbonyl (C=O) groups excluding carboxylic acids is 1. The van der Waals surface area contributed by atoms with Gasteiger partial charge in [-0.1, -0.05) is 6.92 Å². The SMILES string of the molecule is CCCN(C)c1nc(CC(=O)OC)cs1. The molecular formula is C10H16N2O2S. The molecule has 4 nitrogen and oxygen atoms in total. The largest absolute Gasteiger partial charge is 0.469 e. The van der Waals surface area contributed by atoms with Gasteiger partial charge in [0, 0.05) is 19.0 Å². The average molecular weight is 228 g/mol. The van der Waals surface area contributed by atoms with Gasteiger partial charge in [0.1, 0.15) is 0 Å². The van der Waals surface area contributed by atoms with Crippen molar-refractivity contribution in [1.29, 1.82) is 0 Å². The van der Waals surface area contributed by atoms with E-state index >= 15 is 0 Å². The lowest BCUT2D eigenvalue weighted by Crippen LogP contribution is -2.17. The topological polar surface area (TPSA) is 42.4 Å².